The van der Waals surface area contributed by atoms with E-state index in [9.17, 15) is 5.11 Å². The SMILES string of the molecule is CCCCCCCSc1nnc2c(n1)O[C@H](c1cc(I)c(O)c(OC)c1)Nc1ccccc1-2. The van der Waals surface area contributed by atoms with E-state index in [-0.39, 0.29) is 5.75 Å². The van der Waals surface area contributed by atoms with Crippen LogP contribution in [0.25, 0.3) is 11.3 Å². The van der Waals surface area contributed by atoms with Crippen molar-refractivity contribution >= 4 is 40.0 Å². The Hall–Kier alpha value is -2.27. The number of aromatic nitrogens is 3. The van der Waals surface area contributed by atoms with Gasteiger partial charge in [-0.3, -0.25) is 0 Å². The lowest BCUT2D eigenvalue weighted by Crippen LogP contribution is -2.17. The van der Waals surface area contributed by atoms with Crippen molar-refractivity contribution in [1.82, 2.24) is 15.2 Å². The van der Waals surface area contributed by atoms with Gasteiger partial charge in [-0.25, -0.2) is 0 Å². The summed E-state index contributed by atoms with van der Waals surface area (Å²) in [7, 11) is 1.53. The first-order valence-electron chi connectivity index (χ1n) is 11.1. The third-order valence-electron chi connectivity index (χ3n) is 5.39. The van der Waals surface area contributed by atoms with E-state index in [4.69, 9.17) is 14.5 Å². The number of thioether (sulfide) groups is 1. The molecule has 2 aromatic carbocycles. The van der Waals surface area contributed by atoms with Crippen LogP contribution in [0.3, 0.4) is 0 Å². The lowest BCUT2D eigenvalue weighted by molar-refractivity contribution is 0.224. The van der Waals surface area contributed by atoms with Crippen LogP contribution in [0.15, 0.2) is 41.6 Å². The molecular weight excluding hydrogens is 551 g/mol. The van der Waals surface area contributed by atoms with Gasteiger partial charge in [-0.05, 0) is 47.2 Å². The van der Waals surface area contributed by atoms with E-state index in [0.717, 1.165) is 29.0 Å². The molecule has 0 saturated carbocycles. The summed E-state index contributed by atoms with van der Waals surface area (Å²) in [6.07, 6.45) is 5.60. The normalized spacial score (nSPS) is 14.5. The molecule has 0 bridgehead atoms. The first-order chi connectivity index (χ1) is 16.1. The Morgan fingerprint density at radius 3 is 2.79 bits per heavy atom. The van der Waals surface area contributed by atoms with E-state index in [1.165, 1.54) is 32.8 Å². The number of nitrogens with zero attached hydrogens (tertiary/aromatic N) is 3. The number of fused-ring (bicyclic) bond motifs is 3. The van der Waals surface area contributed by atoms with Crippen LogP contribution in [-0.2, 0) is 0 Å². The Bertz CT molecular complexity index is 1120. The fourth-order valence-electron chi connectivity index (χ4n) is 3.63. The predicted molar refractivity (Wildman–Crippen MR) is 139 cm³/mol. The highest BCUT2D eigenvalue weighted by Gasteiger charge is 2.27. The number of nitrogens with one attached hydrogen (secondary N) is 1. The van der Waals surface area contributed by atoms with Crippen LogP contribution in [0, 0.1) is 3.57 Å². The number of rotatable bonds is 9. The minimum atomic E-state index is -0.543. The number of phenols is 1. The maximum absolute atomic E-state index is 10.3. The van der Waals surface area contributed by atoms with Crippen molar-refractivity contribution in [2.75, 3.05) is 18.2 Å². The number of halogens is 1. The second kappa shape index (κ2) is 11.2. The zero-order chi connectivity index (χ0) is 23.2. The van der Waals surface area contributed by atoms with Gasteiger partial charge in [-0.15, -0.1) is 10.2 Å². The fraction of sp³-hybridized carbons (Fsp3) is 0.375. The number of benzene rings is 2. The first kappa shape index (κ1) is 23.9. The molecule has 0 unspecified atom stereocenters. The van der Waals surface area contributed by atoms with E-state index in [0.29, 0.717) is 26.1 Å². The zero-order valence-corrected chi connectivity index (χ0v) is 21.6. The minimum absolute atomic E-state index is 0.109. The van der Waals surface area contributed by atoms with Crippen molar-refractivity contribution < 1.29 is 14.6 Å². The van der Waals surface area contributed by atoms with E-state index in [1.807, 2.05) is 30.3 Å². The number of anilines is 1. The number of hydrogen-bond donors (Lipinski definition) is 2. The molecule has 1 aliphatic heterocycles. The van der Waals surface area contributed by atoms with Gasteiger partial charge >= 0.3 is 0 Å². The topological polar surface area (TPSA) is 89.4 Å². The molecule has 7 nitrogen and oxygen atoms in total. The molecule has 0 spiro atoms. The summed E-state index contributed by atoms with van der Waals surface area (Å²) in [6, 6.07) is 11.5. The van der Waals surface area contributed by atoms with Crippen molar-refractivity contribution in [3.63, 3.8) is 0 Å². The Labute approximate surface area is 211 Å². The molecule has 2 heterocycles. The van der Waals surface area contributed by atoms with Gasteiger partial charge in [0.15, 0.2) is 23.4 Å². The molecule has 0 amide bonds. The highest BCUT2D eigenvalue weighted by atomic mass is 127. The molecule has 3 aromatic rings. The average Bonchev–Trinajstić information content (AvgIpc) is 2.99. The quantitative estimate of drug-likeness (QED) is 0.171. The summed E-state index contributed by atoms with van der Waals surface area (Å²) in [4.78, 5) is 4.71. The van der Waals surface area contributed by atoms with Crippen molar-refractivity contribution in [2.24, 2.45) is 0 Å². The van der Waals surface area contributed by atoms with E-state index in [1.54, 1.807) is 17.8 Å². The number of hydrogen-bond acceptors (Lipinski definition) is 8. The third kappa shape index (κ3) is 5.63. The Kier molecular flexibility index (Phi) is 8.13. The molecule has 0 aliphatic carbocycles. The Balaban J connectivity index is 1.62. The summed E-state index contributed by atoms with van der Waals surface area (Å²) in [6.45, 7) is 2.22. The lowest BCUT2D eigenvalue weighted by atomic mass is 10.1. The molecule has 1 atom stereocenters. The van der Waals surface area contributed by atoms with Crippen molar-refractivity contribution in [1.29, 1.82) is 0 Å². The summed E-state index contributed by atoms with van der Waals surface area (Å²) in [5.41, 5.74) is 3.16. The molecule has 0 fully saturated rings. The van der Waals surface area contributed by atoms with Gasteiger partial charge < -0.3 is 19.9 Å². The number of phenolic OH excluding ortho intramolecular Hbond substituents is 1. The molecule has 1 aromatic heterocycles. The monoisotopic (exact) mass is 578 g/mol. The van der Waals surface area contributed by atoms with Crippen LogP contribution in [0.2, 0.25) is 0 Å². The van der Waals surface area contributed by atoms with Gasteiger partial charge in [0.25, 0.3) is 0 Å². The van der Waals surface area contributed by atoms with Crippen LogP contribution in [0.1, 0.15) is 50.8 Å². The van der Waals surface area contributed by atoms with Crippen LogP contribution < -0.4 is 14.8 Å². The minimum Gasteiger partial charge on any atom is -0.504 e. The van der Waals surface area contributed by atoms with Gasteiger partial charge in [0.2, 0.25) is 11.0 Å². The number of methoxy groups -OCH3 is 1. The Morgan fingerprint density at radius 1 is 1.15 bits per heavy atom. The summed E-state index contributed by atoms with van der Waals surface area (Å²) < 4.78 is 12.4. The Morgan fingerprint density at radius 2 is 1.97 bits per heavy atom. The van der Waals surface area contributed by atoms with Gasteiger partial charge in [-0.2, -0.15) is 4.98 Å². The van der Waals surface area contributed by atoms with E-state index >= 15 is 0 Å². The van der Waals surface area contributed by atoms with E-state index < -0.39 is 6.23 Å². The largest absolute Gasteiger partial charge is 0.504 e. The second-order valence-electron chi connectivity index (χ2n) is 7.75. The van der Waals surface area contributed by atoms with Gasteiger partial charge in [-0.1, -0.05) is 62.6 Å². The van der Waals surface area contributed by atoms with Gasteiger partial charge in [0.1, 0.15) is 0 Å². The van der Waals surface area contributed by atoms with Crippen molar-refractivity contribution in [3.8, 4) is 28.6 Å². The third-order valence-corrected chi connectivity index (χ3v) is 7.13. The summed E-state index contributed by atoms with van der Waals surface area (Å²) in [5, 5.41) is 23.1. The molecule has 2 N–H and O–H groups in total. The number of ether oxygens (including phenoxy) is 2. The van der Waals surface area contributed by atoms with Crippen LogP contribution >= 0.6 is 34.4 Å². The summed E-state index contributed by atoms with van der Waals surface area (Å²) >= 11 is 3.69. The number of para-hydroxylation sites is 1. The highest BCUT2D eigenvalue weighted by Crippen LogP contribution is 2.41. The zero-order valence-electron chi connectivity index (χ0n) is 18.7. The number of unbranched alkanes of at least 4 members (excludes halogenated alkanes) is 4. The highest BCUT2D eigenvalue weighted by molar-refractivity contribution is 14.1. The average molecular weight is 578 g/mol. The van der Waals surface area contributed by atoms with Crippen LogP contribution in [-0.4, -0.2) is 33.2 Å². The summed E-state index contributed by atoms with van der Waals surface area (Å²) in [5.74, 6) is 1.89. The fourth-order valence-corrected chi connectivity index (χ4v) is 5.03. The molecule has 4 rings (SSSR count). The smallest absolute Gasteiger partial charge is 0.247 e. The van der Waals surface area contributed by atoms with Crippen molar-refractivity contribution in [3.05, 3.63) is 45.5 Å². The van der Waals surface area contributed by atoms with Gasteiger partial charge in [0, 0.05) is 22.6 Å². The lowest BCUT2D eigenvalue weighted by Gasteiger charge is -2.20. The predicted octanol–water partition coefficient (Wildman–Crippen LogP) is 6.42. The first-order valence-corrected chi connectivity index (χ1v) is 13.1. The molecule has 174 valence electrons. The maximum atomic E-state index is 10.3. The molecule has 33 heavy (non-hydrogen) atoms. The standard InChI is InChI=1S/C24H27IN4O3S/c1-3-4-5-6-9-12-33-24-27-23-20(28-29-24)16-10-7-8-11-18(16)26-22(32-23)15-13-17(25)21(30)19(14-15)31-2/h7-8,10-11,13-14,22,26,30H,3-6,9,12H2,1-2H3/t22-/m1/s1. The number of aromatic hydroxyl groups is 1. The van der Waals surface area contributed by atoms with Gasteiger partial charge in [0.05, 0.1) is 10.7 Å². The van der Waals surface area contributed by atoms with Crippen LogP contribution in [0.4, 0.5) is 5.69 Å². The van der Waals surface area contributed by atoms with E-state index in [2.05, 4.69) is 45.0 Å². The van der Waals surface area contributed by atoms with Crippen molar-refractivity contribution in [2.45, 2.75) is 50.4 Å². The molecule has 0 radical (unpaired) electrons. The second-order valence-corrected chi connectivity index (χ2v) is 9.98. The molecule has 1 aliphatic rings. The molecule has 0 saturated heterocycles. The molecule has 9 heteroatoms. The maximum Gasteiger partial charge on any atom is 0.247 e. The molecular formula is C24H27IN4O3S. The van der Waals surface area contributed by atoms with Crippen LogP contribution in [0.5, 0.6) is 17.4 Å².